The van der Waals surface area contributed by atoms with E-state index in [0.717, 1.165) is 42.9 Å². The molecule has 0 aromatic heterocycles. The second kappa shape index (κ2) is 10.3. The van der Waals surface area contributed by atoms with Crippen LogP contribution in [0.2, 0.25) is 0 Å². The Morgan fingerprint density at radius 2 is 1.31 bits per heavy atom. The van der Waals surface area contributed by atoms with Crippen molar-refractivity contribution in [3.63, 3.8) is 0 Å². The van der Waals surface area contributed by atoms with Gasteiger partial charge in [-0.3, -0.25) is 9.80 Å². The number of phenolic OH excluding ortho intramolecular Hbond substituents is 1. The number of aliphatic hydroxyl groups is 1. The molecule has 4 rings (SSSR count). The van der Waals surface area contributed by atoms with E-state index in [1.54, 1.807) is 12.1 Å². The van der Waals surface area contributed by atoms with Crippen molar-refractivity contribution in [3.05, 3.63) is 63.4 Å². The molecule has 0 atom stereocenters. The van der Waals surface area contributed by atoms with Gasteiger partial charge in [0.25, 0.3) is 0 Å². The minimum absolute atomic E-state index is 0.0321. The zero-order chi connectivity index (χ0) is 22.6. The first-order chi connectivity index (χ1) is 15.4. The quantitative estimate of drug-likeness (QED) is 0.598. The van der Waals surface area contributed by atoms with Gasteiger partial charge in [-0.1, -0.05) is 29.8 Å². The fourth-order valence-corrected chi connectivity index (χ4v) is 5.48. The molecule has 2 aliphatic rings. The first-order valence-electron chi connectivity index (χ1n) is 11.4. The Balaban J connectivity index is 1.54. The number of phenols is 1. The van der Waals surface area contributed by atoms with Gasteiger partial charge in [0.05, 0.1) is 6.61 Å². The van der Waals surface area contributed by atoms with Gasteiger partial charge >= 0.3 is 0 Å². The molecule has 0 saturated carbocycles. The minimum Gasteiger partial charge on any atom is -0.541 e. The fourth-order valence-electron chi connectivity index (χ4n) is 4.53. The molecule has 0 amide bonds. The monoisotopic (exact) mass is 458 g/mol. The molecule has 2 aliphatic heterocycles. The van der Waals surface area contributed by atoms with Gasteiger partial charge in [0.2, 0.25) is 0 Å². The summed E-state index contributed by atoms with van der Waals surface area (Å²) >= 11 is 0. The van der Waals surface area contributed by atoms with Crippen LogP contribution in [0.1, 0.15) is 47.9 Å². The van der Waals surface area contributed by atoms with Crippen molar-refractivity contribution in [2.24, 2.45) is 0 Å². The molecule has 0 radical (unpaired) electrons. The summed E-state index contributed by atoms with van der Waals surface area (Å²) in [6, 6.07) is 9.91. The van der Waals surface area contributed by atoms with Crippen molar-refractivity contribution in [3.8, 4) is 5.75 Å². The van der Waals surface area contributed by atoms with Gasteiger partial charge < -0.3 is 14.9 Å². The second-order valence-corrected chi connectivity index (χ2v) is 10.5. The number of rotatable bonds is 9. The summed E-state index contributed by atoms with van der Waals surface area (Å²) in [5.41, 5.74) is 3.14. The Kier molecular flexibility index (Phi) is 7.48. The third-order valence-electron chi connectivity index (χ3n) is 6.33. The molecule has 7 nitrogen and oxygen atoms in total. The molecule has 2 heterocycles. The minimum atomic E-state index is -3.80. The summed E-state index contributed by atoms with van der Waals surface area (Å²) in [7, 11) is -3.80. The lowest BCUT2D eigenvalue weighted by atomic mass is 10.0. The van der Waals surface area contributed by atoms with Gasteiger partial charge in [-0.2, -0.15) is 0 Å². The summed E-state index contributed by atoms with van der Waals surface area (Å²) < 4.78 is 29.4. The molecule has 8 heteroatoms. The van der Waals surface area contributed by atoms with Gasteiger partial charge in [0, 0.05) is 29.1 Å². The highest BCUT2D eigenvalue weighted by Gasteiger charge is 2.19. The lowest BCUT2D eigenvalue weighted by Gasteiger charge is -2.24. The summed E-state index contributed by atoms with van der Waals surface area (Å²) in [6.07, 6.45) is 4.68. The van der Waals surface area contributed by atoms with E-state index < -0.39 is 10.0 Å². The predicted molar refractivity (Wildman–Crippen MR) is 124 cm³/mol. The third kappa shape index (κ3) is 5.68. The Morgan fingerprint density at radius 1 is 0.812 bits per heavy atom. The van der Waals surface area contributed by atoms with Gasteiger partial charge in [0.1, 0.15) is 15.8 Å². The van der Waals surface area contributed by atoms with Crippen LogP contribution in [0.25, 0.3) is 4.72 Å². The van der Waals surface area contributed by atoms with Crippen molar-refractivity contribution in [2.45, 2.75) is 56.8 Å². The number of benzene rings is 2. The average molecular weight is 459 g/mol. The highest BCUT2D eigenvalue weighted by molar-refractivity contribution is 7.94. The summed E-state index contributed by atoms with van der Waals surface area (Å²) in [5, 5.41) is 20.1. The molecule has 0 bridgehead atoms. The largest absolute Gasteiger partial charge is 0.541 e. The van der Waals surface area contributed by atoms with Crippen LogP contribution in [0.3, 0.4) is 0 Å². The van der Waals surface area contributed by atoms with Crippen LogP contribution in [0, 0.1) is 0 Å². The van der Waals surface area contributed by atoms with E-state index in [4.69, 9.17) is 5.11 Å². The van der Waals surface area contributed by atoms with Gasteiger partial charge in [-0.25, -0.2) is 8.42 Å². The van der Waals surface area contributed by atoms with Crippen molar-refractivity contribution in [2.75, 3.05) is 26.2 Å². The first kappa shape index (κ1) is 23.2. The topological polar surface area (TPSA) is 95.2 Å². The van der Waals surface area contributed by atoms with E-state index in [9.17, 15) is 13.5 Å². The zero-order valence-corrected chi connectivity index (χ0v) is 19.2. The number of aliphatic hydroxyl groups excluding tert-OH is 1. The highest BCUT2D eigenvalue weighted by atomic mass is 32.2. The predicted octanol–water partition coefficient (Wildman–Crippen LogP) is 3.34. The second-order valence-electron chi connectivity index (χ2n) is 8.79. The number of hydrogen-bond acceptors (Lipinski definition) is 6. The van der Waals surface area contributed by atoms with Crippen LogP contribution in [0.4, 0.5) is 0 Å². The summed E-state index contributed by atoms with van der Waals surface area (Å²) in [4.78, 5) is 4.77. The number of nitrogens with zero attached hydrogens (tertiary/aromatic N) is 3. The number of likely N-dealkylation sites (tertiary alicyclic amines) is 2. The maximum atomic E-state index is 12.7. The van der Waals surface area contributed by atoms with Crippen LogP contribution in [-0.2, 0) is 36.3 Å². The van der Waals surface area contributed by atoms with Crippen LogP contribution in [0.15, 0.2) is 41.3 Å². The van der Waals surface area contributed by atoms with Crippen LogP contribution in [-0.4, -0.2) is 54.6 Å². The Hall–Kier alpha value is -1.97. The number of aromatic hydroxyl groups is 1. The molecule has 0 aliphatic carbocycles. The van der Waals surface area contributed by atoms with Crippen molar-refractivity contribution in [1.29, 1.82) is 0 Å². The summed E-state index contributed by atoms with van der Waals surface area (Å²) in [6.45, 7) is 5.32. The lowest BCUT2D eigenvalue weighted by Crippen LogP contribution is -2.21. The van der Waals surface area contributed by atoms with E-state index in [0.29, 0.717) is 24.4 Å². The van der Waals surface area contributed by atoms with Gasteiger partial charge in [-0.15, -0.1) is 6.54 Å². The molecule has 2 fully saturated rings. The first-order valence-corrected chi connectivity index (χ1v) is 12.8. The van der Waals surface area contributed by atoms with Crippen LogP contribution >= 0.6 is 0 Å². The molecule has 2 aromatic rings. The molecule has 32 heavy (non-hydrogen) atoms. The normalized spacial score (nSPS) is 17.9. The zero-order valence-electron chi connectivity index (χ0n) is 18.4. The molecule has 2 saturated heterocycles. The van der Waals surface area contributed by atoms with E-state index in [-0.39, 0.29) is 18.0 Å². The Bertz CT molecular complexity index is 973. The van der Waals surface area contributed by atoms with Crippen molar-refractivity contribution in [1.82, 2.24) is 9.80 Å². The van der Waals surface area contributed by atoms with Crippen LogP contribution < -0.4 is 0 Å². The molecule has 2 N–H and O–H groups in total. The van der Waals surface area contributed by atoms with E-state index in [1.807, 2.05) is 12.1 Å². The molecule has 0 unspecified atom stereocenters. The van der Waals surface area contributed by atoms with E-state index >= 15 is 0 Å². The number of sulfonamides is 1. The molecule has 2 aromatic carbocycles. The van der Waals surface area contributed by atoms with Gasteiger partial charge in [-0.05, 0) is 69.6 Å². The van der Waals surface area contributed by atoms with Crippen molar-refractivity contribution >= 4 is 10.0 Å². The molecular weight excluding hydrogens is 426 g/mol. The number of hydrogen-bond donors (Lipinski definition) is 2. The smallest absolute Gasteiger partial charge is 0.124 e. The SMILES string of the molecule is O=S(=O)([N-]Cc1cc(CN2CCCC2)c(O)c(CN2CCCC2)c1)c1ccc(CO)cc1. The Morgan fingerprint density at radius 3 is 1.78 bits per heavy atom. The standard InChI is InChI=1S/C24H32N3O4S/c28-18-19-5-7-23(8-6-19)32(30,31)25-15-20-13-21(16-26-9-1-2-10-26)24(29)22(14-20)17-27-11-3-4-12-27/h5-8,13-14,28-29H,1-4,9-12,15-18H2/q-1. The molecule has 0 spiro atoms. The maximum Gasteiger partial charge on any atom is 0.124 e. The van der Waals surface area contributed by atoms with Crippen LogP contribution in [0.5, 0.6) is 5.75 Å². The highest BCUT2D eigenvalue weighted by Crippen LogP contribution is 2.31. The van der Waals surface area contributed by atoms with E-state index in [2.05, 4.69) is 14.5 Å². The third-order valence-corrected chi connectivity index (χ3v) is 7.67. The maximum absolute atomic E-state index is 12.7. The van der Waals surface area contributed by atoms with E-state index in [1.165, 1.54) is 37.8 Å². The van der Waals surface area contributed by atoms with Crippen molar-refractivity contribution < 1.29 is 18.6 Å². The molecular formula is C24H32N3O4S-. The fraction of sp³-hybridized carbons (Fsp3) is 0.500. The van der Waals surface area contributed by atoms with Gasteiger partial charge in [0.15, 0.2) is 0 Å². The average Bonchev–Trinajstić information content (AvgIpc) is 3.50. The Labute approximate surface area is 190 Å². The lowest BCUT2D eigenvalue weighted by molar-refractivity contribution is 0.282. The summed E-state index contributed by atoms with van der Waals surface area (Å²) in [5.74, 6) is 0.329. The molecule has 174 valence electrons.